The highest BCUT2D eigenvalue weighted by Crippen LogP contribution is 2.16. The summed E-state index contributed by atoms with van der Waals surface area (Å²) in [7, 11) is 0. The lowest BCUT2D eigenvalue weighted by atomic mass is 10.1. The van der Waals surface area contributed by atoms with Crippen molar-refractivity contribution in [2.75, 3.05) is 6.61 Å². The number of rotatable bonds is 3. The Balaban J connectivity index is 2.32. The summed E-state index contributed by atoms with van der Waals surface area (Å²) in [6.45, 7) is 2.14. The topological polar surface area (TPSA) is 52.1 Å². The largest absolute Gasteiger partial charge is 0.462 e. The number of nitrogens with zero attached hydrogens (tertiary/aromatic N) is 2. The van der Waals surface area contributed by atoms with Gasteiger partial charge in [0.1, 0.15) is 0 Å². The maximum Gasteiger partial charge on any atom is 0.338 e. The van der Waals surface area contributed by atoms with Gasteiger partial charge in [0.05, 0.1) is 17.9 Å². The first-order chi connectivity index (χ1) is 8.31. The molecule has 0 aliphatic heterocycles. The maximum atomic E-state index is 11.6. The molecule has 0 radical (unpaired) electrons. The van der Waals surface area contributed by atoms with Gasteiger partial charge in [0.2, 0.25) is 0 Å². The summed E-state index contributed by atoms with van der Waals surface area (Å²) in [5.41, 5.74) is 2.09. The lowest BCUT2D eigenvalue weighted by Gasteiger charge is -2.04. The van der Waals surface area contributed by atoms with Crippen LogP contribution in [-0.2, 0) is 4.74 Å². The standard InChI is InChI=1S/C13H12N2O2/c1-2-17-13(16)10-5-7-15-12(8-10)11-4-3-6-14-9-11/h3-9H,2H2,1H3. The molecule has 0 amide bonds. The van der Waals surface area contributed by atoms with Gasteiger partial charge in [-0.3, -0.25) is 9.97 Å². The van der Waals surface area contributed by atoms with Crippen LogP contribution in [0.1, 0.15) is 17.3 Å². The normalized spacial score (nSPS) is 9.94. The van der Waals surface area contributed by atoms with Gasteiger partial charge in [-0.1, -0.05) is 0 Å². The molecule has 4 heteroatoms. The molecule has 0 spiro atoms. The zero-order valence-electron chi connectivity index (χ0n) is 9.46. The predicted molar refractivity (Wildman–Crippen MR) is 63.4 cm³/mol. The number of carbonyl (C=O) groups is 1. The molecule has 2 aromatic heterocycles. The van der Waals surface area contributed by atoms with E-state index in [1.54, 1.807) is 37.6 Å². The zero-order chi connectivity index (χ0) is 12.1. The highest BCUT2D eigenvalue weighted by molar-refractivity contribution is 5.90. The molecule has 0 saturated heterocycles. The van der Waals surface area contributed by atoms with E-state index in [9.17, 15) is 4.79 Å². The smallest absolute Gasteiger partial charge is 0.338 e. The van der Waals surface area contributed by atoms with Crippen LogP contribution in [0.5, 0.6) is 0 Å². The first-order valence-corrected chi connectivity index (χ1v) is 5.35. The van der Waals surface area contributed by atoms with Crippen molar-refractivity contribution in [1.82, 2.24) is 9.97 Å². The minimum atomic E-state index is -0.333. The van der Waals surface area contributed by atoms with Crippen molar-refractivity contribution in [2.45, 2.75) is 6.92 Å². The van der Waals surface area contributed by atoms with Gasteiger partial charge in [-0.15, -0.1) is 0 Å². The summed E-state index contributed by atoms with van der Waals surface area (Å²) in [4.78, 5) is 19.8. The molecule has 2 heterocycles. The lowest BCUT2D eigenvalue weighted by molar-refractivity contribution is 0.0526. The van der Waals surface area contributed by atoms with E-state index in [-0.39, 0.29) is 5.97 Å². The second kappa shape index (κ2) is 5.21. The Labute approximate surface area is 99.3 Å². The third-order valence-corrected chi connectivity index (χ3v) is 2.23. The summed E-state index contributed by atoms with van der Waals surface area (Å²) >= 11 is 0. The average molecular weight is 228 g/mol. The number of pyridine rings is 2. The van der Waals surface area contributed by atoms with E-state index in [0.29, 0.717) is 17.9 Å². The molecule has 0 atom stereocenters. The van der Waals surface area contributed by atoms with Crippen LogP contribution in [0.25, 0.3) is 11.3 Å². The molecule has 0 saturated carbocycles. The van der Waals surface area contributed by atoms with Crippen LogP contribution in [0, 0.1) is 0 Å². The van der Waals surface area contributed by atoms with Crippen LogP contribution in [0.15, 0.2) is 42.9 Å². The van der Waals surface area contributed by atoms with Crippen molar-refractivity contribution in [2.24, 2.45) is 0 Å². The Morgan fingerprint density at radius 3 is 2.94 bits per heavy atom. The monoisotopic (exact) mass is 228 g/mol. The minimum absolute atomic E-state index is 0.333. The molecule has 2 rings (SSSR count). The summed E-state index contributed by atoms with van der Waals surface area (Å²) in [6.07, 6.45) is 4.99. The van der Waals surface area contributed by atoms with Crippen LogP contribution >= 0.6 is 0 Å². The van der Waals surface area contributed by atoms with Gasteiger partial charge in [0.25, 0.3) is 0 Å². The van der Waals surface area contributed by atoms with E-state index < -0.39 is 0 Å². The Morgan fingerprint density at radius 2 is 2.24 bits per heavy atom. The van der Waals surface area contributed by atoms with E-state index in [0.717, 1.165) is 5.56 Å². The van der Waals surface area contributed by atoms with Gasteiger partial charge in [-0.05, 0) is 31.2 Å². The van der Waals surface area contributed by atoms with Crippen LogP contribution in [0.2, 0.25) is 0 Å². The summed E-state index contributed by atoms with van der Waals surface area (Å²) < 4.78 is 4.94. The Morgan fingerprint density at radius 1 is 1.35 bits per heavy atom. The molecule has 17 heavy (non-hydrogen) atoms. The van der Waals surface area contributed by atoms with Crippen molar-refractivity contribution in [3.8, 4) is 11.3 Å². The number of aromatic nitrogens is 2. The van der Waals surface area contributed by atoms with E-state index in [1.807, 2.05) is 12.1 Å². The van der Waals surface area contributed by atoms with Gasteiger partial charge in [-0.25, -0.2) is 4.79 Å². The fraction of sp³-hybridized carbons (Fsp3) is 0.154. The molecular formula is C13H12N2O2. The SMILES string of the molecule is CCOC(=O)c1ccnc(-c2cccnc2)c1. The number of hydrogen-bond acceptors (Lipinski definition) is 4. The highest BCUT2D eigenvalue weighted by Gasteiger charge is 2.08. The van der Waals surface area contributed by atoms with E-state index in [4.69, 9.17) is 4.74 Å². The van der Waals surface area contributed by atoms with Gasteiger partial charge < -0.3 is 4.74 Å². The number of hydrogen-bond donors (Lipinski definition) is 0. The van der Waals surface area contributed by atoms with Crippen molar-refractivity contribution in [3.63, 3.8) is 0 Å². The van der Waals surface area contributed by atoms with Gasteiger partial charge >= 0.3 is 5.97 Å². The quantitative estimate of drug-likeness (QED) is 0.756. The molecule has 0 aliphatic rings. The van der Waals surface area contributed by atoms with Gasteiger partial charge in [-0.2, -0.15) is 0 Å². The summed E-state index contributed by atoms with van der Waals surface area (Å²) in [5.74, 6) is -0.333. The van der Waals surface area contributed by atoms with Crippen LogP contribution in [0.3, 0.4) is 0 Å². The van der Waals surface area contributed by atoms with Crippen molar-refractivity contribution >= 4 is 5.97 Å². The highest BCUT2D eigenvalue weighted by atomic mass is 16.5. The second-order valence-electron chi connectivity index (χ2n) is 3.39. The molecule has 0 aliphatic carbocycles. The predicted octanol–water partition coefficient (Wildman–Crippen LogP) is 2.32. The first kappa shape index (κ1) is 11.3. The molecule has 4 nitrogen and oxygen atoms in total. The van der Waals surface area contributed by atoms with Crippen molar-refractivity contribution in [3.05, 3.63) is 48.4 Å². The second-order valence-corrected chi connectivity index (χ2v) is 3.39. The molecule has 0 fully saturated rings. The van der Waals surface area contributed by atoms with E-state index in [2.05, 4.69) is 9.97 Å². The van der Waals surface area contributed by atoms with Crippen molar-refractivity contribution in [1.29, 1.82) is 0 Å². The van der Waals surface area contributed by atoms with Gasteiger partial charge in [0.15, 0.2) is 0 Å². The number of ether oxygens (including phenoxy) is 1. The molecular weight excluding hydrogens is 216 g/mol. The Kier molecular flexibility index (Phi) is 3.45. The Bertz CT molecular complexity index is 512. The maximum absolute atomic E-state index is 11.6. The summed E-state index contributed by atoms with van der Waals surface area (Å²) in [5, 5.41) is 0. The molecule has 0 unspecified atom stereocenters. The first-order valence-electron chi connectivity index (χ1n) is 5.35. The fourth-order valence-electron chi connectivity index (χ4n) is 1.44. The van der Waals surface area contributed by atoms with Crippen LogP contribution in [0.4, 0.5) is 0 Å². The number of carbonyl (C=O) groups excluding carboxylic acids is 1. The van der Waals surface area contributed by atoms with Crippen LogP contribution in [-0.4, -0.2) is 22.5 Å². The van der Waals surface area contributed by atoms with E-state index >= 15 is 0 Å². The molecule has 0 aromatic carbocycles. The molecule has 0 N–H and O–H groups in total. The third-order valence-electron chi connectivity index (χ3n) is 2.23. The number of esters is 1. The molecule has 0 bridgehead atoms. The zero-order valence-corrected chi connectivity index (χ0v) is 9.46. The summed E-state index contributed by atoms with van der Waals surface area (Å²) in [6, 6.07) is 7.06. The third kappa shape index (κ3) is 2.66. The van der Waals surface area contributed by atoms with Crippen LogP contribution < -0.4 is 0 Å². The fourth-order valence-corrected chi connectivity index (χ4v) is 1.44. The molecule has 2 aromatic rings. The Hall–Kier alpha value is -2.23. The molecule has 86 valence electrons. The average Bonchev–Trinajstić information content (AvgIpc) is 2.40. The lowest BCUT2D eigenvalue weighted by Crippen LogP contribution is -2.04. The van der Waals surface area contributed by atoms with E-state index in [1.165, 1.54) is 0 Å². The van der Waals surface area contributed by atoms with Gasteiger partial charge in [0, 0.05) is 24.2 Å². The van der Waals surface area contributed by atoms with Crippen molar-refractivity contribution < 1.29 is 9.53 Å². The minimum Gasteiger partial charge on any atom is -0.462 e.